The highest BCUT2D eigenvalue weighted by Crippen LogP contribution is 2.36. The third-order valence-corrected chi connectivity index (χ3v) is 6.72. The zero-order valence-corrected chi connectivity index (χ0v) is 17.4. The number of ether oxygens (including phenoxy) is 1. The summed E-state index contributed by atoms with van der Waals surface area (Å²) in [4.78, 5) is 32.7. The molecule has 3 aromatic rings. The van der Waals surface area contributed by atoms with Crippen LogP contribution in [-0.4, -0.2) is 36.0 Å². The summed E-state index contributed by atoms with van der Waals surface area (Å²) >= 11 is 2.98. The van der Waals surface area contributed by atoms with E-state index < -0.39 is 6.10 Å². The first-order valence-electron chi connectivity index (χ1n) is 9.06. The maximum absolute atomic E-state index is 12.6. The van der Waals surface area contributed by atoms with Crippen LogP contribution in [0.4, 0.5) is 16.5 Å². The van der Waals surface area contributed by atoms with Crippen LogP contribution in [0.3, 0.4) is 0 Å². The zero-order chi connectivity index (χ0) is 19.8. The lowest BCUT2D eigenvalue weighted by atomic mass is 10.2. The van der Waals surface area contributed by atoms with E-state index >= 15 is 0 Å². The second kappa shape index (κ2) is 7.40. The normalized spacial score (nSPS) is 15.7. The summed E-state index contributed by atoms with van der Waals surface area (Å²) in [6.45, 7) is 7.70. The molecule has 0 bridgehead atoms. The van der Waals surface area contributed by atoms with Crippen molar-refractivity contribution in [2.45, 2.75) is 26.9 Å². The Morgan fingerprint density at radius 1 is 1.29 bits per heavy atom. The van der Waals surface area contributed by atoms with E-state index in [0.29, 0.717) is 22.0 Å². The summed E-state index contributed by atoms with van der Waals surface area (Å²) in [5, 5.41) is 6.64. The van der Waals surface area contributed by atoms with Crippen molar-refractivity contribution in [2.24, 2.45) is 0 Å². The Bertz CT molecular complexity index is 1020. The number of nitrogens with one attached hydrogen (secondary N) is 2. The number of fused-ring (bicyclic) bond motifs is 2. The molecule has 28 heavy (non-hydrogen) atoms. The number of amides is 2. The van der Waals surface area contributed by atoms with Crippen LogP contribution in [0.2, 0.25) is 0 Å². The van der Waals surface area contributed by atoms with Gasteiger partial charge in [0, 0.05) is 18.8 Å². The molecule has 3 heterocycles. The quantitative estimate of drug-likeness (QED) is 0.652. The number of hydrogen-bond donors (Lipinski definition) is 2. The minimum Gasteiger partial charge on any atom is -0.479 e. The van der Waals surface area contributed by atoms with Gasteiger partial charge in [0.1, 0.15) is 10.6 Å². The summed E-state index contributed by atoms with van der Waals surface area (Å²) in [5.74, 6) is 0.190. The molecule has 1 aromatic carbocycles. The molecule has 1 aliphatic rings. The standard InChI is InChI=1S/C19H20N4O3S2/c1-4-23(5-2)19-22-18-15(28-19)9-14(27-18)17(25)20-11-6-7-13-12(8-11)21-16(24)10(3)26-13/h6-10H,4-5H2,1-3H3,(H,20,25)(H,21,24). The van der Waals surface area contributed by atoms with E-state index in [1.165, 1.54) is 11.3 Å². The van der Waals surface area contributed by atoms with Gasteiger partial charge in [-0.1, -0.05) is 11.3 Å². The van der Waals surface area contributed by atoms with Crippen molar-refractivity contribution in [3.63, 3.8) is 0 Å². The van der Waals surface area contributed by atoms with Crippen LogP contribution in [-0.2, 0) is 4.79 Å². The van der Waals surface area contributed by atoms with Gasteiger partial charge in [-0.15, -0.1) is 11.3 Å². The van der Waals surface area contributed by atoms with E-state index in [9.17, 15) is 9.59 Å². The van der Waals surface area contributed by atoms with Crippen LogP contribution in [0.15, 0.2) is 24.3 Å². The minimum absolute atomic E-state index is 0.198. The Hall–Kier alpha value is -2.65. The highest BCUT2D eigenvalue weighted by atomic mass is 32.1. The summed E-state index contributed by atoms with van der Waals surface area (Å²) in [7, 11) is 0. The first-order chi connectivity index (χ1) is 13.5. The molecule has 1 aliphatic heterocycles. The molecule has 0 aliphatic carbocycles. The molecule has 7 nitrogen and oxygen atoms in total. The lowest BCUT2D eigenvalue weighted by Gasteiger charge is -2.23. The molecular weight excluding hydrogens is 396 g/mol. The van der Waals surface area contributed by atoms with Gasteiger partial charge in [0.05, 0.1) is 15.3 Å². The zero-order valence-electron chi connectivity index (χ0n) is 15.7. The molecule has 4 rings (SSSR count). The highest BCUT2D eigenvalue weighted by molar-refractivity contribution is 7.29. The van der Waals surface area contributed by atoms with E-state index in [4.69, 9.17) is 4.74 Å². The van der Waals surface area contributed by atoms with Gasteiger partial charge in [0.15, 0.2) is 11.2 Å². The summed E-state index contributed by atoms with van der Waals surface area (Å²) in [6.07, 6.45) is -0.527. The van der Waals surface area contributed by atoms with Crippen LogP contribution >= 0.6 is 22.7 Å². The van der Waals surface area contributed by atoms with Crippen LogP contribution in [0, 0.1) is 0 Å². The molecule has 1 unspecified atom stereocenters. The third-order valence-electron chi connectivity index (χ3n) is 4.50. The largest absolute Gasteiger partial charge is 0.479 e. The van der Waals surface area contributed by atoms with Crippen LogP contribution in [0.1, 0.15) is 30.4 Å². The minimum atomic E-state index is -0.527. The SMILES string of the molecule is CCN(CC)c1nc2sc(C(=O)Nc3ccc4c(c3)NC(=O)C(C)O4)cc2s1. The molecular formula is C19H20N4O3S2. The molecule has 0 radical (unpaired) electrons. The number of rotatable bonds is 5. The average Bonchev–Trinajstić information content (AvgIpc) is 3.23. The van der Waals surface area contributed by atoms with Crippen LogP contribution < -0.4 is 20.3 Å². The first-order valence-corrected chi connectivity index (χ1v) is 10.7. The number of anilines is 3. The van der Waals surface area contributed by atoms with Crippen molar-refractivity contribution in [1.29, 1.82) is 0 Å². The fourth-order valence-electron chi connectivity index (χ4n) is 2.94. The predicted octanol–water partition coefficient (Wildman–Crippen LogP) is 4.18. The van der Waals surface area contributed by atoms with Gasteiger partial charge in [-0.2, -0.15) is 0 Å². The molecule has 2 amide bonds. The van der Waals surface area contributed by atoms with E-state index in [1.54, 1.807) is 36.5 Å². The molecule has 2 aromatic heterocycles. The van der Waals surface area contributed by atoms with Crippen molar-refractivity contribution in [2.75, 3.05) is 28.6 Å². The molecule has 0 saturated carbocycles. The summed E-state index contributed by atoms with van der Waals surface area (Å²) in [6, 6.07) is 7.08. The highest BCUT2D eigenvalue weighted by Gasteiger charge is 2.24. The Balaban J connectivity index is 1.51. The van der Waals surface area contributed by atoms with Crippen molar-refractivity contribution >= 4 is 60.5 Å². The Labute approximate surface area is 170 Å². The monoisotopic (exact) mass is 416 g/mol. The van der Waals surface area contributed by atoms with Gasteiger partial charge in [0.25, 0.3) is 11.8 Å². The van der Waals surface area contributed by atoms with Crippen molar-refractivity contribution < 1.29 is 14.3 Å². The van der Waals surface area contributed by atoms with E-state index in [-0.39, 0.29) is 11.8 Å². The maximum Gasteiger partial charge on any atom is 0.265 e. The van der Waals surface area contributed by atoms with E-state index in [0.717, 1.165) is 27.8 Å². The fraction of sp³-hybridized carbons (Fsp3) is 0.316. The maximum atomic E-state index is 12.6. The molecule has 2 N–H and O–H groups in total. The van der Waals surface area contributed by atoms with E-state index in [2.05, 4.69) is 34.4 Å². The number of benzene rings is 1. The predicted molar refractivity (Wildman–Crippen MR) is 114 cm³/mol. The Morgan fingerprint density at radius 2 is 2.07 bits per heavy atom. The summed E-state index contributed by atoms with van der Waals surface area (Å²) < 4.78 is 6.54. The summed E-state index contributed by atoms with van der Waals surface area (Å²) in [5.41, 5.74) is 1.15. The topological polar surface area (TPSA) is 83.6 Å². The first kappa shape index (κ1) is 18.7. The van der Waals surface area contributed by atoms with Crippen LogP contribution in [0.5, 0.6) is 5.75 Å². The second-order valence-electron chi connectivity index (χ2n) is 6.36. The van der Waals surface area contributed by atoms with Gasteiger partial charge < -0.3 is 20.3 Å². The second-order valence-corrected chi connectivity index (χ2v) is 8.40. The van der Waals surface area contributed by atoms with Crippen molar-refractivity contribution in [3.05, 3.63) is 29.1 Å². The molecule has 1 atom stereocenters. The molecule has 9 heteroatoms. The van der Waals surface area contributed by atoms with Crippen molar-refractivity contribution in [3.8, 4) is 5.75 Å². The number of thiazole rings is 1. The van der Waals surface area contributed by atoms with Gasteiger partial charge in [-0.05, 0) is 45.0 Å². The number of carbonyl (C=O) groups excluding carboxylic acids is 2. The molecule has 0 fully saturated rings. The average molecular weight is 417 g/mol. The van der Waals surface area contributed by atoms with Gasteiger partial charge in [-0.25, -0.2) is 4.98 Å². The smallest absolute Gasteiger partial charge is 0.265 e. The Morgan fingerprint density at radius 3 is 2.79 bits per heavy atom. The Kier molecular flexibility index (Phi) is 4.94. The molecule has 146 valence electrons. The van der Waals surface area contributed by atoms with Gasteiger partial charge >= 0.3 is 0 Å². The van der Waals surface area contributed by atoms with Crippen LogP contribution in [0.25, 0.3) is 9.53 Å². The van der Waals surface area contributed by atoms with Gasteiger partial charge in [0.2, 0.25) is 0 Å². The number of hydrogen-bond acceptors (Lipinski definition) is 7. The van der Waals surface area contributed by atoms with Crippen molar-refractivity contribution in [1.82, 2.24) is 4.98 Å². The molecule has 0 saturated heterocycles. The molecule has 0 spiro atoms. The van der Waals surface area contributed by atoms with Gasteiger partial charge in [-0.3, -0.25) is 9.59 Å². The third kappa shape index (κ3) is 3.43. The lowest BCUT2D eigenvalue weighted by molar-refractivity contribution is -0.122. The fourth-order valence-corrected chi connectivity index (χ4v) is 5.18. The number of nitrogens with zero attached hydrogens (tertiary/aromatic N) is 2. The van der Waals surface area contributed by atoms with E-state index in [1.807, 2.05) is 6.07 Å². The number of aromatic nitrogens is 1. The number of carbonyl (C=O) groups is 2. The number of thiophene rings is 1. The lowest BCUT2D eigenvalue weighted by Crippen LogP contribution is -2.34.